The van der Waals surface area contributed by atoms with Crippen molar-refractivity contribution in [1.82, 2.24) is 15.5 Å². The minimum absolute atomic E-state index is 0.0753. The fourth-order valence-electron chi connectivity index (χ4n) is 2.95. The number of halogens is 3. The van der Waals surface area contributed by atoms with E-state index in [-0.39, 0.29) is 6.54 Å². The minimum atomic E-state index is -5.03. The fourth-order valence-corrected chi connectivity index (χ4v) is 2.95. The van der Waals surface area contributed by atoms with Gasteiger partial charge in [0.25, 0.3) is 0 Å². The van der Waals surface area contributed by atoms with E-state index in [4.69, 9.17) is 5.73 Å². The van der Waals surface area contributed by atoms with Gasteiger partial charge in [0.1, 0.15) is 0 Å². The molecule has 1 aromatic rings. The van der Waals surface area contributed by atoms with Crippen LogP contribution in [-0.4, -0.2) is 35.1 Å². The molecule has 0 aliphatic heterocycles. The average Bonchev–Trinajstić information content (AvgIpc) is 2.95. The molecule has 0 amide bonds. The fraction of sp³-hybridized carbons (Fsp3) is 0.733. The molecule has 0 spiro atoms. The molecule has 1 aliphatic rings. The zero-order chi connectivity index (χ0) is 17.7. The zero-order valence-electron chi connectivity index (χ0n) is 13.5. The molecule has 9 heteroatoms. The van der Waals surface area contributed by atoms with Gasteiger partial charge in [-0.05, 0) is 18.8 Å². The summed E-state index contributed by atoms with van der Waals surface area (Å²) >= 11 is 0. The Hall–Kier alpha value is -1.61. The number of aromatic amines is 1. The molecule has 1 unspecified atom stereocenters. The summed E-state index contributed by atoms with van der Waals surface area (Å²) in [6.07, 6.45) is -0.111. The Labute approximate surface area is 138 Å². The number of hydrogen-bond donors (Lipinski definition) is 3. The highest BCUT2D eigenvalue weighted by molar-refractivity contribution is 5.75. The molecular weight excluding hydrogens is 325 g/mol. The molecule has 0 bridgehead atoms. The van der Waals surface area contributed by atoms with Crippen LogP contribution < -0.4 is 11.1 Å². The minimum Gasteiger partial charge on any atom is -0.439 e. The van der Waals surface area contributed by atoms with Crippen molar-refractivity contribution < 1.29 is 22.7 Å². The largest absolute Gasteiger partial charge is 0.490 e. The monoisotopic (exact) mass is 348 g/mol. The number of aromatic nitrogens is 2. The van der Waals surface area contributed by atoms with Gasteiger partial charge in [0.05, 0.1) is 5.69 Å². The molecule has 136 valence electrons. The number of nitrogens with two attached hydrogens (primary N) is 1. The summed E-state index contributed by atoms with van der Waals surface area (Å²) in [4.78, 5) is 10.7. The molecule has 4 N–H and O–H groups in total. The van der Waals surface area contributed by atoms with Gasteiger partial charge in [-0.15, -0.1) is 0 Å². The van der Waals surface area contributed by atoms with Crippen molar-refractivity contribution in [3.63, 3.8) is 0 Å². The maximum absolute atomic E-state index is 12.1. The van der Waals surface area contributed by atoms with Crippen LogP contribution in [-0.2, 0) is 16.1 Å². The van der Waals surface area contributed by atoms with E-state index in [2.05, 4.69) is 27.2 Å². The van der Waals surface area contributed by atoms with Gasteiger partial charge in [0, 0.05) is 30.8 Å². The van der Waals surface area contributed by atoms with Crippen LogP contribution in [0, 0.1) is 5.92 Å². The molecule has 1 heterocycles. The predicted octanol–water partition coefficient (Wildman–Crippen LogP) is 2.18. The number of carbonyl (C=O) groups is 1. The number of esters is 1. The number of ether oxygens (including phenoxy) is 1. The summed E-state index contributed by atoms with van der Waals surface area (Å²) < 4.78 is 40.4. The third-order valence-corrected chi connectivity index (χ3v) is 4.31. The van der Waals surface area contributed by atoms with E-state index in [0.29, 0.717) is 12.5 Å². The maximum Gasteiger partial charge on any atom is 0.490 e. The quantitative estimate of drug-likeness (QED) is 0.541. The van der Waals surface area contributed by atoms with Crippen molar-refractivity contribution in [2.45, 2.75) is 57.5 Å². The number of H-pyrrole nitrogens is 1. The molecule has 1 aliphatic carbocycles. The van der Waals surface area contributed by atoms with Crippen LogP contribution in [0.1, 0.15) is 49.8 Å². The molecule has 0 radical (unpaired) electrons. The van der Waals surface area contributed by atoms with Crippen molar-refractivity contribution in [2.75, 3.05) is 6.54 Å². The molecule has 0 saturated heterocycles. The second-order valence-electron chi connectivity index (χ2n) is 6.32. The molecule has 1 fully saturated rings. The predicted molar refractivity (Wildman–Crippen MR) is 80.8 cm³/mol. The van der Waals surface area contributed by atoms with E-state index in [1.165, 1.54) is 12.8 Å². The number of nitrogens with one attached hydrogen (secondary N) is 2. The average molecular weight is 348 g/mol. The van der Waals surface area contributed by atoms with Gasteiger partial charge in [-0.2, -0.15) is 18.3 Å². The van der Waals surface area contributed by atoms with E-state index in [0.717, 1.165) is 30.0 Å². The van der Waals surface area contributed by atoms with Gasteiger partial charge in [-0.3, -0.25) is 10.8 Å². The highest BCUT2D eigenvalue weighted by atomic mass is 19.4. The van der Waals surface area contributed by atoms with Crippen LogP contribution >= 0.6 is 0 Å². The molecule has 6 nitrogen and oxygen atoms in total. The first-order valence-corrected chi connectivity index (χ1v) is 8.04. The van der Waals surface area contributed by atoms with Crippen molar-refractivity contribution in [1.29, 1.82) is 0 Å². The third kappa shape index (κ3) is 5.20. The SMILES string of the molecule is CC1CCC(c2n[nH]cc2CNCC(N)OC(=O)C(F)(F)F)CC1. The van der Waals surface area contributed by atoms with Gasteiger partial charge in [0.2, 0.25) is 0 Å². The summed E-state index contributed by atoms with van der Waals surface area (Å²) in [6.45, 7) is 2.57. The summed E-state index contributed by atoms with van der Waals surface area (Å²) in [7, 11) is 0. The summed E-state index contributed by atoms with van der Waals surface area (Å²) in [6, 6.07) is 0. The van der Waals surface area contributed by atoms with E-state index >= 15 is 0 Å². The molecule has 1 saturated carbocycles. The van der Waals surface area contributed by atoms with Gasteiger partial charge in [0.15, 0.2) is 6.23 Å². The smallest absolute Gasteiger partial charge is 0.439 e. The first kappa shape index (κ1) is 18.7. The lowest BCUT2D eigenvalue weighted by molar-refractivity contribution is -0.204. The Morgan fingerprint density at radius 3 is 2.75 bits per heavy atom. The van der Waals surface area contributed by atoms with E-state index < -0.39 is 18.4 Å². The molecule has 2 rings (SSSR count). The standard InChI is InChI=1S/C15H23F3N4O2/c1-9-2-4-10(5-3-9)13-11(7-21-22-13)6-20-8-12(19)24-14(23)15(16,17)18/h7,9-10,12,20H,2-6,8,19H2,1H3,(H,21,22). The zero-order valence-corrected chi connectivity index (χ0v) is 13.5. The Bertz CT molecular complexity index is 539. The normalized spacial score (nSPS) is 23.0. The molecular formula is C15H23F3N4O2. The third-order valence-electron chi connectivity index (χ3n) is 4.31. The highest BCUT2D eigenvalue weighted by Crippen LogP contribution is 2.35. The first-order valence-electron chi connectivity index (χ1n) is 8.04. The highest BCUT2D eigenvalue weighted by Gasteiger charge is 2.41. The van der Waals surface area contributed by atoms with E-state index in [9.17, 15) is 18.0 Å². The molecule has 24 heavy (non-hydrogen) atoms. The van der Waals surface area contributed by atoms with Crippen LogP contribution in [0.4, 0.5) is 13.2 Å². The lowest BCUT2D eigenvalue weighted by Gasteiger charge is -2.25. The van der Waals surface area contributed by atoms with Crippen molar-refractivity contribution in [3.05, 3.63) is 17.5 Å². The Kier molecular flexibility index (Phi) is 6.22. The van der Waals surface area contributed by atoms with Gasteiger partial charge in [-0.1, -0.05) is 19.8 Å². The Morgan fingerprint density at radius 1 is 1.46 bits per heavy atom. The van der Waals surface area contributed by atoms with Gasteiger partial charge in [-0.25, -0.2) is 4.79 Å². The Morgan fingerprint density at radius 2 is 2.12 bits per heavy atom. The van der Waals surface area contributed by atoms with Crippen LogP contribution in [0.3, 0.4) is 0 Å². The second-order valence-corrected chi connectivity index (χ2v) is 6.32. The van der Waals surface area contributed by atoms with Gasteiger partial charge < -0.3 is 10.1 Å². The number of hydrogen-bond acceptors (Lipinski definition) is 5. The lowest BCUT2D eigenvalue weighted by Crippen LogP contribution is -2.41. The number of carbonyl (C=O) groups excluding carboxylic acids is 1. The van der Waals surface area contributed by atoms with Crippen LogP contribution in [0.15, 0.2) is 6.20 Å². The molecule has 1 atom stereocenters. The lowest BCUT2D eigenvalue weighted by atomic mass is 9.80. The van der Waals surface area contributed by atoms with Crippen molar-refractivity contribution in [3.8, 4) is 0 Å². The first-order chi connectivity index (χ1) is 11.3. The summed E-state index contributed by atoms with van der Waals surface area (Å²) in [5.74, 6) is -1.14. The Balaban J connectivity index is 1.79. The van der Waals surface area contributed by atoms with Crippen LogP contribution in [0.25, 0.3) is 0 Å². The second kappa shape index (κ2) is 7.98. The maximum atomic E-state index is 12.1. The van der Waals surface area contributed by atoms with E-state index in [1.54, 1.807) is 6.20 Å². The van der Waals surface area contributed by atoms with Crippen LogP contribution in [0.2, 0.25) is 0 Å². The van der Waals surface area contributed by atoms with Crippen LogP contribution in [0.5, 0.6) is 0 Å². The number of nitrogens with zero attached hydrogens (tertiary/aromatic N) is 1. The molecule has 1 aromatic heterocycles. The summed E-state index contributed by atoms with van der Waals surface area (Å²) in [5, 5.41) is 10.1. The number of rotatable bonds is 6. The molecule has 0 aromatic carbocycles. The number of alkyl halides is 3. The van der Waals surface area contributed by atoms with Gasteiger partial charge >= 0.3 is 12.1 Å². The topological polar surface area (TPSA) is 93.0 Å². The van der Waals surface area contributed by atoms with Crippen molar-refractivity contribution in [2.24, 2.45) is 11.7 Å². The summed E-state index contributed by atoms with van der Waals surface area (Å²) in [5.41, 5.74) is 7.34. The van der Waals surface area contributed by atoms with Crippen molar-refractivity contribution >= 4 is 5.97 Å². The van der Waals surface area contributed by atoms with E-state index in [1.807, 2.05) is 0 Å².